The van der Waals surface area contributed by atoms with Gasteiger partial charge in [0, 0.05) is 18.3 Å². The van der Waals surface area contributed by atoms with Crippen molar-refractivity contribution in [1.29, 1.82) is 0 Å². The predicted octanol–water partition coefficient (Wildman–Crippen LogP) is 3.33. The summed E-state index contributed by atoms with van der Waals surface area (Å²) in [6.07, 6.45) is 0.440. The summed E-state index contributed by atoms with van der Waals surface area (Å²) < 4.78 is 37.7. The van der Waals surface area contributed by atoms with Crippen molar-refractivity contribution >= 4 is 11.6 Å². The molecule has 0 radical (unpaired) electrons. The molecule has 0 aliphatic heterocycles. The van der Waals surface area contributed by atoms with Crippen LogP contribution in [0, 0.1) is 6.92 Å². The average molecular weight is 322 g/mol. The van der Waals surface area contributed by atoms with Crippen molar-refractivity contribution in [3.8, 4) is 0 Å². The van der Waals surface area contributed by atoms with Gasteiger partial charge in [-0.25, -0.2) is 15.0 Å². The maximum atomic E-state index is 12.6. The van der Waals surface area contributed by atoms with Gasteiger partial charge in [-0.15, -0.1) is 0 Å². The lowest BCUT2D eigenvalue weighted by molar-refractivity contribution is -0.141. The molecule has 0 spiro atoms. The van der Waals surface area contributed by atoms with Crippen LogP contribution in [-0.4, -0.2) is 20.9 Å². The number of aryl methyl sites for hydroxylation is 1. The maximum absolute atomic E-state index is 12.6. The van der Waals surface area contributed by atoms with Gasteiger partial charge >= 0.3 is 6.18 Å². The summed E-state index contributed by atoms with van der Waals surface area (Å²) in [5, 5.41) is 2.52. The van der Waals surface area contributed by atoms with Gasteiger partial charge < -0.3 is 5.32 Å². The van der Waals surface area contributed by atoms with Crippen molar-refractivity contribution in [2.75, 3.05) is 5.32 Å². The van der Waals surface area contributed by atoms with Crippen molar-refractivity contribution in [2.24, 2.45) is 0 Å². The summed E-state index contributed by atoms with van der Waals surface area (Å²) in [5.41, 5.74) is -0.447. The third-order valence-corrected chi connectivity index (χ3v) is 3.50. The second kappa shape index (κ2) is 5.60. The maximum Gasteiger partial charge on any atom is 0.433 e. The lowest BCUT2D eigenvalue weighted by atomic mass is 10.2. The number of rotatable bonds is 3. The third kappa shape index (κ3) is 3.46. The molecule has 2 aromatic heterocycles. The topological polar surface area (TPSA) is 67.8 Å². The van der Waals surface area contributed by atoms with Crippen LogP contribution >= 0.6 is 0 Å². The van der Waals surface area contributed by atoms with Crippen LogP contribution in [0.4, 0.5) is 18.9 Å². The quantitative estimate of drug-likeness (QED) is 0.941. The monoisotopic (exact) mass is 322 g/mol. The molecular formula is C15H13F3N4O. The van der Waals surface area contributed by atoms with Gasteiger partial charge in [-0.05, 0) is 31.9 Å². The predicted molar refractivity (Wildman–Crippen MR) is 75.9 cm³/mol. The number of aromatic nitrogens is 3. The SMILES string of the molecule is Cc1nc(C(F)(F)F)ccc1NC(=O)c1cnc(C2CC2)nc1. The van der Waals surface area contributed by atoms with Gasteiger partial charge in [0.25, 0.3) is 5.91 Å². The molecule has 1 amide bonds. The Balaban J connectivity index is 1.74. The molecule has 1 fully saturated rings. The van der Waals surface area contributed by atoms with Crippen LogP contribution in [0.15, 0.2) is 24.5 Å². The molecule has 0 saturated heterocycles. The van der Waals surface area contributed by atoms with Gasteiger partial charge in [0.1, 0.15) is 11.5 Å². The van der Waals surface area contributed by atoms with Crippen molar-refractivity contribution in [2.45, 2.75) is 31.9 Å². The first kappa shape index (κ1) is 15.4. The van der Waals surface area contributed by atoms with Crippen molar-refractivity contribution in [3.63, 3.8) is 0 Å². The van der Waals surface area contributed by atoms with Gasteiger partial charge in [0.2, 0.25) is 0 Å². The van der Waals surface area contributed by atoms with Gasteiger partial charge in [0.05, 0.1) is 16.9 Å². The molecule has 23 heavy (non-hydrogen) atoms. The zero-order chi connectivity index (χ0) is 16.6. The number of hydrogen-bond donors (Lipinski definition) is 1. The second-order valence-electron chi connectivity index (χ2n) is 5.39. The molecule has 3 rings (SSSR count). The molecule has 1 aliphatic carbocycles. The van der Waals surface area contributed by atoms with E-state index in [0.29, 0.717) is 11.7 Å². The van der Waals surface area contributed by atoms with E-state index in [-0.39, 0.29) is 16.9 Å². The standard InChI is InChI=1S/C15H13F3N4O/c1-8-11(4-5-12(21-8)15(16,17)18)22-14(23)10-6-19-13(20-7-10)9-2-3-9/h4-7,9H,2-3H2,1H3,(H,22,23). The van der Waals surface area contributed by atoms with Crippen LogP contribution in [-0.2, 0) is 6.18 Å². The summed E-state index contributed by atoms with van der Waals surface area (Å²) in [7, 11) is 0. The second-order valence-corrected chi connectivity index (χ2v) is 5.39. The van der Waals surface area contributed by atoms with Gasteiger partial charge in [-0.3, -0.25) is 4.79 Å². The first-order valence-corrected chi connectivity index (χ1v) is 7.03. The minimum Gasteiger partial charge on any atom is -0.320 e. The lowest BCUT2D eigenvalue weighted by Gasteiger charge is -2.11. The van der Waals surface area contributed by atoms with Crippen molar-refractivity contribution in [1.82, 2.24) is 15.0 Å². The van der Waals surface area contributed by atoms with E-state index in [2.05, 4.69) is 20.3 Å². The number of halogens is 3. The highest BCUT2D eigenvalue weighted by molar-refractivity contribution is 6.04. The number of carbonyl (C=O) groups excluding carboxylic acids is 1. The fraction of sp³-hybridized carbons (Fsp3) is 0.333. The van der Waals surface area contributed by atoms with Crippen LogP contribution in [0.1, 0.15) is 46.3 Å². The summed E-state index contributed by atoms with van der Waals surface area (Å²) in [5.74, 6) is 0.611. The van der Waals surface area contributed by atoms with Crippen molar-refractivity contribution in [3.05, 3.63) is 47.3 Å². The molecule has 1 N–H and O–H groups in total. The first-order chi connectivity index (χ1) is 10.8. The number of nitrogens with zero attached hydrogens (tertiary/aromatic N) is 3. The number of hydrogen-bond acceptors (Lipinski definition) is 4. The number of amides is 1. The Kier molecular flexibility index (Phi) is 3.75. The largest absolute Gasteiger partial charge is 0.433 e. The van der Waals surface area contributed by atoms with Crippen LogP contribution in [0.5, 0.6) is 0 Å². The highest BCUT2D eigenvalue weighted by atomic mass is 19.4. The first-order valence-electron chi connectivity index (χ1n) is 7.03. The van der Waals surface area contributed by atoms with E-state index in [1.807, 2.05) is 0 Å². The smallest absolute Gasteiger partial charge is 0.320 e. The van der Waals surface area contributed by atoms with E-state index in [4.69, 9.17) is 0 Å². The third-order valence-electron chi connectivity index (χ3n) is 3.50. The lowest BCUT2D eigenvalue weighted by Crippen LogP contribution is -2.16. The van der Waals surface area contributed by atoms with Crippen molar-refractivity contribution < 1.29 is 18.0 Å². The fourth-order valence-corrected chi connectivity index (χ4v) is 2.05. The summed E-state index contributed by atoms with van der Waals surface area (Å²) in [6, 6.07) is 2.01. The summed E-state index contributed by atoms with van der Waals surface area (Å²) in [4.78, 5) is 23.8. The molecule has 2 heterocycles. The molecule has 2 aromatic rings. The van der Waals surface area contributed by atoms with Gasteiger partial charge in [-0.1, -0.05) is 0 Å². The molecule has 1 saturated carbocycles. The summed E-state index contributed by atoms with van der Waals surface area (Å²) in [6.45, 7) is 1.40. The van der Waals surface area contributed by atoms with E-state index in [1.165, 1.54) is 25.4 Å². The normalized spacial score (nSPS) is 14.6. The van der Waals surface area contributed by atoms with Crippen LogP contribution in [0.3, 0.4) is 0 Å². The molecule has 8 heteroatoms. The highest BCUT2D eigenvalue weighted by Crippen LogP contribution is 2.37. The van der Waals surface area contributed by atoms with E-state index in [0.717, 1.165) is 18.9 Å². The van der Waals surface area contributed by atoms with E-state index < -0.39 is 17.8 Å². The van der Waals surface area contributed by atoms with Crippen LogP contribution < -0.4 is 5.32 Å². The Hall–Kier alpha value is -2.51. The van der Waals surface area contributed by atoms with E-state index in [1.54, 1.807) is 0 Å². The number of carbonyl (C=O) groups is 1. The molecule has 0 aromatic carbocycles. The highest BCUT2D eigenvalue weighted by Gasteiger charge is 2.32. The number of alkyl halides is 3. The molecule has 5 nitrogen and oxygen atoms in total. The Bertz CT molecular complexity index is 739. The Morgan fingerprint density at radius 1 is 1.22 bits per heavy atom. The van der Waals surface area contributed by atoms with Gasteiger partial charge in [0.15, 0.2) is 0 Å². The molecule has 0 bridgehead atoms. The fourth-order valence-electron chi connectivity index (χ4n) is 2.05. The number of anilines is 1. The Morgan fingerprint density at radius 3 is 2.39 bits per heavy atom. The molecule has 0 unspecified atom stereocenters. The average Bonchev–Trinajstić information content (AvgIpc) is 3.33. The molecule has 120 valence electrons. The number of pyridine rings is 1. The van der Waals surface area contributed by atoms with E-state index >= 15 is 0 Å². The molecular weight excluding hydrogens is 309 g/mol. The Morgan fingerprint density at radius 2 is 1.87 bits per heavy atom. The molecule has 0 atom stereocenters. The minimum absolute atomic E-state index is 0.0868. The molecule has 1 aliphatic rings. The summed E-state index contributed by atoms with van der Waals surface area (Å²) >= 11 is 0. The zero-order valence-corrected chi connectivity index (χ0v) is 12.2. The van der Waals surface area contributed by atoms with Crippen LogP contribution in [0.25, 0.3) is 0 Å². The zero-order valence-electron chi connectivity index (χ0n) is 12.2. The van der Waals surface area contributed by atoms with E-state index in [9.17, 15) is 18.0 Å². The Labute approximate surface area is 130 Å². The minimum atomic E-state index is -4.51. The number of nitrogens with one attached hydrogen (secondary N) is 1. The van der Waals surface area contributed by atoms with Crippen LogP contribution in [0.2, 0.25) is 0 Å². The van der Waals surface area contributed by atoms with Gasteiger partial charge in [-0.2, -0.15) is 13.2 Å².